The Morgan fingerprint density at radius 1 is 0.852 bits per heavy atom. The summed E-state index contributed by atoms with van der Waals surface area (Å²) in [5.74, 6) is 1.66. The SMILES string of the molecule is CCOc1ccc(S(=O)(=O)NCCOc2cc(C)cc(C)c2)cc1OCC. The third-order valence-corrected chi connectivity index (χ3v) is 5.14. The van der Waals surface area contributed by atoms with E-state index >= 15 is 0 Å². The summed E-state index contributed by atoms with van der Waals surface area (Å²) in [6.07, 6.45) is 0. The molecule has 0 radical (unpaired) electrons. The average Bonchev–Trinajstić information content (AvgIpc) is 2.60. The molecule has 0 heterocycles. The Bertz CT molecular complexity index is 844. The molecule has 0 bridgehead atoms. The maximum atomic E-state index is 12.5. The number of hydrogen-bond donors (Lipinski definition) is 1. The molecule has 27 heavy (non-hydrogen) atoms. The lowest BCUT2D eigenvalue weighted by Crippen LogP contribution is -2.28. The Morgan fingerprint density at radius 3 is 2.11 bits per heavy atom. The van der Waals surface area contributed by atoms with Gasteiger partial charge in [-0.3, -0.25) is 0 Å². The van der Waals surface area contributed by atoms with Crippen LogP contribution in [0, 0.1) is 13.8 Å². The van der Waals surface area contributed by atoms with Crippen molar-refractivity contribution in [3.8, 4) is 17.2 Å². The van der Waals surface area contributed by atoms with Gasteiger partial charge >= 0.3 is 0 Å². The Kier molecular flexibility index (Phi) is 7.50. The molecule has 0 fully saturated rings. The van der Waals surface area contributed by atoms with Gasteiger partial charge in [0.05, 0.1) is 18.1 Å². The van der Waals surface area contributed by atoms with Gasteiger partial charge in [0, 0.05) is 12.6 Å². The lowest BCUT2D eigenvalue weighted by Gasteiger charge is -2.13. The molecule has 2 aromatic carbocycles. The summed E-state index contributed by atoms with van der Waals surface area (Å²) in [4.78, 5) is 0.126. The molecule has 0 aromatic heterocycles. The van der Waals surface area contributed by atoms with Gasteiger partial charge in [-0.05, 0) is 63.1 Å². The first-order chi connectivity index (χ1) is 12.9. The Balaban J connectivity index is 2.00. The van der Waals surface area contributed by atoms with Crippen LogP contribution in [0.15, 0.2) is 41.3 Å². The molecule has 0 spiro atoms. The maximum absolute atomic E-state index is 12.5. The highest BCUT2D eigenvalue weighted by molar-refractivity contribution is 7.89. The normalized spacial score (nSPS) is 11.3. The molecule has 2 aromatic rings. The number of hydrogen-bond acceptors (Lipinski definition) is 5. The van der Waals surface area contributed by atoms with Gasteiger partial charge in [-0.25, -0.2) is 13.1 Å². The topological polar surface area (TPSA) is 73.9 Å². The molecular formula is C20H27NO5S. The summed E-state index contributed by atoms with van der Waals surface area (Å²) >= 11 is 0. The zero-order valence-electron chi connectivity index (χ0n) is 16.2. The first-order valence-electron chi connectivity index (χ1n) is 8.96. The molecule has 2 rings (SSSR count). The van der Waals surface area contributed by atoms with Crippen LogP contribution in [0.3, 0.4) is 0 Å². The Hall–Kier alpha value is -2.25. The van der Waals surface area contributed by atoms with E-state index in [-0.39, 0.29) is 18.0 Å². The monoisotopic (exact) mass is 393 g/mol. The van der Waals surface area contributed by atoms with Gasteiger partial charge < -0.3 is 14.2 Å². The molecule has 1 N–H and O–H groups in total. The van der Waals surface area contributed by atoms with Gasteiger partial charge in [0.25, 0.3) is 0 Å². The third kappa shape index (κ3) is 6.15. The van der Waals surface area contributed by atoms with Crippen LogP contribution < -0.4 is 18.9 Å². The minimum absolute atomic E-state index is 0.126. The molecule has 0 aliphatic carbocycles. The zero-order valence-corrected chi connectivity index (χ0v) is 17.1. The van der Waals surface area contributed by atoms with E-state index < -0.39 is 10.0 Å². The second-order valence-electron chi connectivity index (χ2n) is 6.04. The summed E-state index contributed by atoms with van der Waals surface area (Å²) in [6, 6.07) is 10.5. The van der Waals surface area contributed by atoms with Crippen molar-refractivity contribution < 1.29 is 22.6 Å². The highest BCUT2D eigenvalue weighted by Crippen LogP contribution is 2.30. The fourth-order valence-corrected chi connectivity index (χ4v) is 3.67. The molecular weight excluding hydrogens is 366 g/mol. The Morgan fingerprint density at radius 2 is 1.48 bits per heavy atom. The van der Waals surface area contributed by atoms with E-state index in [2.05, 4.69) is 10.8 Å². The van der Waals surface area contributed by atoms with Crippen molar-refractivity contribution in [3.05, 3.63) is 47.5 Å². The lowest BCUT2D eigenvalue weighted by atomic mass is 10.1. The average molecular weight is 394 g/mol. The maximum Gasteiger partial charge on any atom is 0.240 e. The summed E-state index contributed by atoms with van der Waals surface area (Å²) in [7, 11) is -3.67. The standard InChI is InChI=1S/C20H27NO5S/c1-5-24-19-8-7-18(14-20(19)25-6-2)27(22,23)21-9-10-26-17-12-15(3)11-16(4)13-17/h7-8,11-14,21H,5-6,9-10H2,1-4H3. The molecule has 0 aliphatic heterocycles. The van der Waals surface area contributed by atoms with Gasteiger partial charge in [0.15, 0.2) is 11.5 Å². The van der Waals surface area contributed by atoms with Gasteiger partial charge in [0.1, 0.15) is 12.4 Å². The van der Waals surface area contributed by atoms with Crippen molar-refractivity contribution >= 4 is 10.0 Å². The van der Waals surface area contributed by atoms with Crippen molar-refractivity contribution in [2.24, 2.45) is 0 Å². The van der Waals surface area contributed by atoms with Crippen molar-refractivity contribution in [1.29, 1.82) is 0 Å². The van der Waals surface area contributed by atoms with Crippen LogP contribution in [-0.4, -0.2) is 34.8 Å². The van der Waals surface area contributed by atoms with E-state index in [9.17, 15) is 8.42 Å². The van der Waals surface area contributed by atoms with E-state index in [0.29, 0.717) is 24.7 Å². The van der Waals surface area contributed by atoms with Crippen LogP contribution in [0.2, 0.25) is 0 Å². The van der Waals surface area contributed by atoms with Gasteiger partial charge in [-0.2, -0.15) is 0 Å². The van der Waals surface area contributed by atoms with E-state index in [1.54, 1.807) is 6.07 Å². The molecule has 0 saturated carbocycles. The molecule has 6 nitrogen and oxygen atoms in total. The van der Waals surface area contributed by atoms with E-state index in [1.165, 1.54) is 12.1 Å². The summed E-state index contributed by atoms with van der Waals surface area (Å²) in [6.45, 7) is 8.96. The highest BCUT2D eigenvalue weighted by atomic mass is 32.2. The number of rotatable bonds is 10. The lowest BCUT2D eigenvalue weighted by molar-refractivity contribution is 0.287. The van der Waals surface area contributed by atoms with Crippen LogP contribution >= 0.6 is 0 Å². The first-order valence-corrected chi connectivity index (χ1v) is 10.4. The van der Waals surface area contributed by atoms with Crippen LogP contribution in [0.25, 0.3) is 0 Å². The molecule has 0 saturated heterocycles. The van der Waals surface area contributed by atoms with E-state index in [1.807, 2.05) is 39.8 Å². The van der Waals surface area contributed by atoms with Crippen LogP contribution in [0.4, 0.5) is 0 Å². The molecule has 0 atom stereocenters. The fourth-order valence-electron chi connectivity index (χ4n) is 2.64. The van der Waals surface area contributed by atoms with Crippen molar-refractivity contribution in [1.82, 2.24) is 4.72 Å². The summed E-state index contributed by atoms with van der Waals surface area (Å²) < 4.78 is 44.2. The summed E-state index contributed by atoms with van der Waals surface area (Å²) in [5, 5.41) is 0. The predicted molar refractivity (Wildman–Crippen MR) is 105 cm³/mol. The first kappa shape index (κ1) is 21.1. The molecule has 0 unspecified atom stereocenters. The van der Waals surface area contributed by atoms with Crippen LogP contribution in [-0.2, 0) is 10.0 Å². The number of nitrogens with one attached hydrogen (secondary N) is 1. The quantitative estimate of drug-likeness (QED) is 0.626. The Labute approximate surface area is 161 Å². The van der Waals surface area contributed by atoms with Crippen LogP contribution in [0.5, 0.6) is 17.2 Å². The van der Waals surface area contributed by atoms with E-state index in [4.69, 9.17) is 14.2 Å². The largest absolute Gasteiger partial charge is 0.492 e. The summed E-state index contributed by atoms with van der Waals surface area (Å²) in [5.41, 5.74) is 2.20. The zero-order chi connectivity index (χ0) is 19.9. The number of aryl methyl sites for hydroxylation is 2. The second-order valence-corrected chi connectivity index (χ2v) is 7.81. The molecule has 148 valence electrons. The van der Waals surface area contributed by atoms with Crippen molar-refractivity contribution in [2.45, 2.75) is 32.6 Å². The number of sulfonamides is 1. The minimum atomic E-state index is -3.67. The number of ether oxygens (including phenoxy) is 3. The molecule has 7 heteroatoms. The molecule has 0 amide bonds. The fraction of sp³-hybridized carbons (Fsp3) is 0.400. The minimum Gasteiger partial charge on any atom is -0.492 e. The highest BCUT2D eigenvalue weighted by Gasteiger charge is 2.17. The second kappa shape index (κ2) is 9.62. The predicted octanol–water partition coefficient (Wildman–Crippen LogP) is 3.46. The number of benzene rings is 2. The van der Waals surface area contributed by atoms with Gasteiger partial charge in [0.2, 0.25) is 10.0 Å². The van der Waals surface area contributed by atoms with Crippen molar-refractivity contribution in [2.75, 3.05) is 26.4 Å². The van der Waals surface area contributed by atoms with Gasteiger partial charge in [-0.1, -0.05) is 6.07 Å². The van der Waals surface area contributed by atoms with Crippen LogP contribution in [0.1, 0.15) is 25.0 Å². The smallest absolute Gasteiger partial charge is 0.240 e. The van der Waals surface area contributed by atoms with Gasteiger partial charge in [-0.15, -0.1) is 0 Å². The molecule has 0 aliphatic rings. The van der Waals surface area contributed by atoms with E-state index in [0.717, 1.165) is 16.9 Å². The third-order valence-electron chi connectivity index (χ3n) is 3.68. The van der Waals surface area contributed by atoms with Crippen molar-refractivity contribution in [3.63, 3.8) is 0 Å².